The third-order valence-corrected chi connectivity index (χ3v) is 8.01. The van der Waals surface area contributed by atoms with Crippen LogP contribution in [0.3, 0.4) is 0 Å². The van der Waals surface area contributed by atoms with Crippen molar-refractivity contribution >= 4 is 51.3 Å². The van der Waals surface area contributed by atoms with Gasteiger partial charge in [-0.25, -0.2) is 9.37 Å². The topological polar surface area (TPSA) is 89.8 Å². The molecule has 10 nitrogen and oxygen atoms in total. The molecule has 0 saturated carbocycles. The lowest BCUT2D eigenvalue weighted by Gasteiger charge is -2.38. The van der Waals surface area contributed by atoms with Crippen molar-refractivity contribution in [1.82, 2.24) is 19.4 Å². The number of pyridine rings is 1. The molecule has 0 unspecified atom stereocenters. The number of carbonyl (C=O) groups is 1. The lowest BCUT2D eigenvalue weighted by atomic mass is 10.1. The highest BCUT2D eigenvalue weighted by Crippen LogP contribution is 2.40. The zero-order chi connectivity index (χ0) is 29.5. The van der Waals surface area contributed by atoms with Gasteiger partial charge >= 0.3 is 0 Å². The van der Waals surface area contributed by atoms with E-state index in [0.29, 0.717) is 40.6 Å². The first-order valence-electron chi connectivity index (χ1n) is 13.9. The molecule has 6 rings (SSSR count). The number of hydrogen-bond acceptors (Lipinski definition) is 8. The van der Waals surface area contributed by atoms with Gasteiger partial charge in [-0.15, -0.1) is 0 Å². The van der Waals surface area contributed by atoms with E-state index < -0.39 is 11.7 Å². The Morgan fingerprint density at radius 1 is 0.976 bits per heavy atom. The van der Waals surface area contributed by atoms with Crippen LogP contribution < -0.4 is 25.6 Å². The zero-order valence-corrected chi connectivity index (χ0v) is 24.0. The average molecular weight is 569 g/mol. The predicted molar refractivity (Wildman–Crippen MR) is 165 cm³/mol. The van der Waals surface area contributed by atoms with E-state index in [0.717, 1.165) is 37.4 Å². The highest BCUT2D eigenvalue weighted by Gasteiger charge is 2.31. The predicted octanol–water partition coefficient (Wildman–Crippen LogP) is 4.10. The first kappa shape index (κ1) is 27.4. The molecule has 216 valence electrons. The summed E-state index contributed by atoms with van der Waals surface area (Å²) in [4.78, 5) is 43.3. The van der Waals surface area contributed by atoms with Crippen LogP contribution in [0, 0.1) is 6.92 Å². The Labute approximate surface area is 243 Å². The zero-order valence-electron chi connectivity index (χ0n) is 24.0. The molecule has 0 atom stereocenters. The van der Waals surface area contributed by atoms with Crippen molar-refractivity contribution in [2.75, 3.05) is 66.3 Å². The van der Waals surface area contributed by atoms with E-state index in [1.54, 1.807) is 19.3 Å². The molecule has 2 aromatic heterocycles. The number of piperazine rings is 1. The third-order valence-electron chi connectivity index (χ3n) is 8.01. The van der Waals surface area contributed by atoms with Crippen molar-refractivity contribution in [3.8, 4) is 0 Å². The minimum Gasteiger partial charge on any atom is -0.369 e. The number of hydrogen-bond donors (Lipinski definition) is 1. The van der Waals surface area contributed by atoms with Gasteiger partial charge < -0.3 is 24.9 Å². The van der Waals surface area contributed by atoms with Crippen molar-refractivity contribution in [3.05, 3.63) is 83.1 Å². The van der Waals surface area contributed by atoms with Gasteiger partial charge in [0, 0.05) is 69.3 Å². The second-order valence-electron chi connectivity index (χ2n) is 10.8. The van der Waals surface area contributed by atoms with Crippen LogP contribution in [0.1, 0.15) is 5.56 Å². The Hall–Kier alpha value is -4.77. The summed E-state index contributed by atoms with van der Waals surface area (Å²) in [5.41, 5.74) is 4.69. The van der Waals surface area contributed by atoms with Crippen LogP contribution in [-0.4, -0.2) is 71.7 Å². The molecule has 1 N–H and O–H groups in total. The second-order valence-corrected chi connectivity index (χ2v) is 10.8. The van der Waals surface area contributed by atoms with Gasteiger partial charge in [0.05, 0.1) is 11.4 Å². The lowest BCUT2D eigenvalue weighted by Crippen LogP contribution is -2.44. The Bertz CT molecular complexity index is 1740. The molecule has 1 saturated heterocycles. The van der Waals surface area contributed by atoms with Crippen LogP contribution in [-0.2, 0) is 11.8 Å². The number of nitrogens with one attached hydrogen (secondary N) is 1. The molecule has 11 heteroatoms. The number of carbonyl (C=O) groups excluding carboxylic acids is 1. The van der Waals surface area contributed by atoms with Crippen LogP contribution >= 0.6 is 0 Å². The number of likely N-dealkylation sites (N-methyl/N-ethyl adjacent to an activating group) is 1. The Morgan fingerprint density at radius 2 is 1.71 bits per heavy atom. The Balaban J connectivity index is 1.29. The molecule has 0 aliphatic carbocycles. The number of aromatic nitrogens is 3. The lowest BCUT2D eigenvalue weighted by molar-refractivity contribution is -0.116. The number of aryl methyl sites for hydroxylation is 2. The Morgan fingerprint density at radius 3 is 2.43 bits per heavy atom. The van der Waals surface area contributed by atoms with E-state index in [9.17, 15) is 14.0 Å². The summed E-state index contributed by atoms with van der Waals surface area (Å²) >= 11 is 0. The number of para-hydroxylation sites is 1. The number of amides is 1. The maximum atomic E-state index is 13.8. The van der Waals surface area contributed by atoms with Crippen molar-refractivity contribution < 1.29 is 9.18 Å². The molecule has 42 heavy (non-hydrogen) atoms. The molecule has 2 aliphatic heterocycles. The molecule has 1 amide bonds. The minimum atomic E-state index is -1.02. The van der Waals surface area contributed by atoms with E-state index in [1.165, 1.54) is 15.2 Å². The van der Waals surface area contributed by atoms with Crippen molar-refractivity contribution in [3.63, 3.8) is 0 Å². The summed E-state index contributed by atoms with van der Waals surface area (Å²) in [6, 6.07) is 15.5. The maximum Gasteiger partial charge on any atom is 0.286 e. The summed E-state index contributed by atoms with van der Waals surface area (Å²) in [5.74, 6) is -1.41. The fraction of sp³-hybridized carbons (Fsp3) is 0.290. The standard InChI is InChI=1S/C31H33FN8O2/c1-20-6-5-7-25-27(20)40(29(41)21(2)32)17-16-39(25)26-18-22-19-33-31(35-28(22)37(4)30(26)42)34-23-8-10-24(11-9-23)38-14-12-36(3)13-15-38/h5-11,18-19H,2,12-17H2,1,3-4H3,(H,33,34,35). The highest BCUT2D eigenvalue weighted by atomic mass is 19.1. The Kier molecular flexibility index (Phi) is 7.11. The molecule has 1 fully saturated rings. The van der Waals surface area contributed by atoms with Gasteiger partial charge in [-0.3, -0.25) is 14.2 Å². The van der Waals surface area contributed by atoms with E-state index in [1.807, 2.05) is 42.2 Å². The molecule has 0 bridgehead atoms. The smallest absolute Gasteiger partial charge is 0.286 e. The van der Waals surface area contributed by atoms with Crippen molar-refractivity contribution in [1.29, 1.82) is 0 Å². The van der Waals surface area contributed by atoms with Crippen molar-refractivity contribution in [2.45, 2.75) is 6.92 Å². The summed E-state index contributed by atoms with van der Waals surface area (Å²) in [6.45, 7) is 9.63. The average Bonchev–Trinajstić information content (AvgIpc) is 2.99. The monoisotopic (exact) mass is 568 g/mol. The summed E-state index contributed by atoms with van der Waals surface area (Å²) < 4.78 is 15.3. The van der Waals surface area contributed by atoms with Gasteiger partial charge in [0.15, 0.2) is 5.83 Å². The number of fused-ring (bicyclic) bond motifs is 2. The van der Waals surface area contributed by atoms with Gasteiger partial charge in [-0.2, -0.15) is 4.98 Å². The fourth-order valence-electron chi connectivity index (χ4n) is 5.68. The van der Waals surface area contributed by atoms with Gasteiger partial charge in [0.1, 0.15) is 11.3 Å². The number of anilines is 6. The molecular weight excluding hydrogens is 535 g/mol. The van der Waals surface area contributed by atoms with Gasteiger partial charge in [-0.05, 0) is 55.9 Å². The molecule has 0 radical (unpaired) electrons. The summed E-state index contributed by atoms with van der Waals surface area (Å²) in [7, 11) is 3.82. The van der Waals surface area contributed by atoms with E-state index in [4.69, 9.17) is 0 Å². The largest absolute Gasteiger partial charge is 0.369 e. The third kappa shape index (κ3) is 4.96. The number of nitrogens with zero attached hydrogens (tertiary/aromatic N) is 7. The quantitative estimate of drug-likeness (QED) is 0.360. The molecule has 0 spiro atoms. The van der Waals surface area contributed by atoms with Crippen LogP contribution in [0.4, 0.5) is 38.8 Å². The van der Waals surface area contributed by atoms with Crippen LogP contribution in [0.25, 0.3) is 11.0 Å². The summed E-state index contributed by atoms with van der Waals surface area (Å²) in [5, 5.41) is 3.94. The fourth-order valence-corrected chi connectivity index (χ4v) is 5.68. The second kappa shape index (κ2) is 10.9. The first-order chi connectivity index (χ1) is 20.2. The van der Waals surface area contributed by atoms with Crippen LogP contribution in [0.15, 0.2) is 71.9 Å². The van der Waals surface area contributed by atoms with Crippen LogP contribution in [0.5, 0.6) is 0 Å². The van der Waals surface area contributed by atoms with E-state index in [2.05, 4.69) is 50.8 Å². The van der Waals surface area contributed by atoms with Gasteiger partial charge in [0.2, 0.25) is 5.95 Å². The van der Waals surface area contributed by atoms with E-state index in [-0.39, 0.29) is 12.1 Å². The van der Waals surface area contributed by atoms with Crippen LogP contribution in [0.2, 0.25) is 0 Å². The molecule has 4 heterocycles. The van der Waals surface area contributed by atoms with E-state index >= 15 is 0 Å². The molecular formula is C31H33FN8O2. The number of rotatable bonds is 5. The maximum absolute atomic E-state index is 13.8. The van der Waals surface area contributed by atoms with Gasteiger partial charge in [0.25, 0.3) is 11.5 Å². The summed E-state index contributed by atoms with van der Waals surface area (Å²) in [6.07, 6.45) is 1.69. The number of benzene rings is 2. The normalized spacial score (nSPS) is 15.6. The van der Waals surface area contributed by atoms with Crippen molar-refractivity contribution in [2.24, 2.45) is 7.05 Å². The molecule has 2 aromatic carbocycles. The highest BCUT2D eigenvalue weighted by molar-refractivity contribution is 6.07. The van der Waals surface area contributed by atoms with Gasteiger partial charge in [-0.1, -0.05) is 18.7 Å². The SMILES string of the molecule is C=C(F)C(=O)N1CCN(c2cc3cnc(Nc4ccc(N5CCN(C)CC5)cc4)nc3n(C)c2=O)c2cccc(C)c21. The molecule has 4 aromatic rings. The minimum absolute atomic E-state index is 0.202. The molecule has 2 aliphatic rings. The number of halogens is 1. The first-order valence-corrected chi connectivity index (χ1v) is 13.9.